The average molecular weight is 495 g/mol. The van der Waals surface area contributed by atoms with Gasteiger partial charge in [0.25, 0.3) is 0 Å². The molecule has 1 atom stereocenters. The van der Waals surface area contributed by atoms with E-state index in [1.165, 1.54) is 0 Å². The number of esters is 2. The first-order chi connectivity index (χ1) is 15.9. The Kier molecular flexibility index (Phi) is 12.2. The molecule has 8 nitrogen and oxygen atoms in total. The smallest absolute Gasteiger partial charge is 0.463 e. The standard InChI is InChI=1S/C17H18O2.C8H17O6P/c1-3-13(2)17(18)19-16-12-8-7-11-15(16)14-9-5-4-6-10-14;1-4-8(2,3)7(9)13-5-6-14-15(10,11)12/h4-13H,3H2,1-2H3;4-6H2,1-3H3,(H2,10,11,12). The minimum Gasteiger partial charge on any atom is -0.463 e. The number of carbonyl (C=O) groups excluding carboxylic acids is 2. The number of hydrogen-bond donors (Lipinski definition) is 2. The quantitative estimate of drug-likeness (QED) is 0.196. The van der Waals surface area contributed by atoms with E-state index in [4.69, 9.17) is 19.3 Å². The molecular formula is C25H35O8P. The van der Waals surface area contributed by atoms with E-state index in [1.54, 1.807) is 13.8 Å². The van der Waals surface area contributed by atoms with Crippen LogP contribution in [0.3, 0.4) is 0 Å². The molecule has 34 heavy (non-hydrogen) atoms. The molecule has 0 aromatic heterocycles. The molecule has 0 heterocycles. The molecular weight excluding hydrogens is 459 g/mol. The minimum atomic E-state index is -4.46. The third-order valence-electron chi connectivity index (χ3n) is 5.21. The number of carbonyl (C=O) groups is 2. The van der Waals surface area contributed by atoms with Gasteiger partial charge in [-0.3, -0.25) is 14.1 Å². The zero-order valence-electron chi connectivity index (χ0n) is 20.4. The van der Waals surface area contributed by atoms with Crippen LogP contribution in [0.15, 0.2) is 54.6 Å². The van der Waals surface area contributed by atoms with Crippen molar-refractivity contribution < 1.29 is 37.9 Å². The second-order valence-electron chi connectivity index (χ2n) is 8.29. The van der Waals surface area contributed by atoms with Crippen molar-refractivity contribution in [3.8, 4) is 16.9 Å². The normalized spacial score (nSPS) is 12.2. The third-order valence-corrected chi connectivity index (χ3v) is 5.73. The number of phosphoric acid groups is 1. The zero-order chi connectivity index (χ0) is 25.8. The highest BCUT2D eigenvalue weighted by atomic mass is 31.2. The van der Waals surface area contributed by atoms with Gasteiger partial charge in [0, 0.05) is 5.56 Å². The van der Waals surface area contributed by atoms with E-state index in [0.717, 1.165) is 17.5 Å². The fourth-order valence-corrected chi connectivity index (χ4v) is 2.73. The number of phosphoric ester groups is 1. The minimum absolute atomic E-state index is 0.0798. The van der Waals surface area contributed by atoms with E-state index < -0.39 is 19.2 Å². The molecule has 188 valence electrons. The molecule has 2 aromatic rings. The van der Waals surface area contributed by atoms with Gasteiger partial charge in [-0.25, -0.2) is 4.57 Å². The molecule has 0 saturated heterocycles. The van der Waals surface area contributed by atoms with Gasteiger partial charge in [0.1, 0.15) is 12.4 Å². The number of benzene rings is 2. The summed E-state index contributed by atoms with van der Waals surface area (Å²) < 4.78 is 24.7. The lowest BCUT2D eigenvalue weighted by atomic mass is 9.91. The van der Waals surface area contributed by atoms with Crippen LogP contribution in [0, 0.1) is 11.3 Å². The van der Waals surface area contributed by atoms with Crippen LogP contribution >= 0.6 is 7.82 Å². The van der Waals surface area contributed by atoms with Gasteiger partial charge in [0.2, 0.25) is 0 Å². The van der Waals surface area contributed by atoms with Gasteiger partial charge in [-0.15, -0.1) is 0 Å². The zero-order valence-corrected chi connectivity index (χ0v) is 21.3. The van der Waals surface area contributed by atoms with Crippen molar-refractivity contribution in [3.63, 3.8) is 0 Å². The molecule has 0 aliphatic heterocycles. The largest absolute Gasteiger partial charge is 0.469 e. The molecule has 2 N–H and O–H groups in total. The monoisotopic (exact) mass is 494 g/mol. The Labute approximate surface area is 201 Å². The summed E-state index contributed by atoms with van der Waals surface area (Å²) in [5.41, 5.74) is 1.41. The van der Waals surface area contributed by atoms with Crippen LogP contribution in [0.2, 0.25) is 0 Å². The molecule has 9 heteroatoms. The van der Waals surface area contributed by atoms with Gasteiger partial charge in [-0.05, 0) is 38.3 Å². The predicted molar refractivity (Wildman–Crippen MR) is 130 cm³/mol. The molecule has 0 saturated carbocycles. The highest BCUT2D eigenvalue weighted by Gasteiger charge is 2.27. The molecule has 1 unspecified atom stereocenters. The lowest BCUT2D eigenvalue weighted by molar-refractivity contribution is -0.155. The summed E-state index contributed by atoms with van der Waals surface area (Å²) in [7, 11) is -4.46. The molecule has 0 radical (unpaired) electrons. The fourth-order valence-electron chi connectivity index (χ4n) is 2.42. The maximum atomic E-state index is 11.9. The van der Waals surface area contributed by atoms with E-state index in [0.29, 0.717) is 12.2 Å². The summed E-state index contributed by atoms with van der Waals surface area (Å²) >= 11 is 0. The van der Waals surface area contributed by atoms with Crippen LogP contribution in [0.25, 0.3) is 11.1 Å². The topological polar surface area (TPSA) is 119 Å². The van der Waals surface area contributed by atoms with Crippen molar-refractivity contribution in [1.29, 1.82) is 0 Å². The molecule has 0 aliphatic rings. The Morgan fingerprint density at radius 3 is 2.12 bits per heavy atom. The third kappa shape index (κ3) is 10.6. The lowest BCUT2D eigenvalue weighted by Crippen LogP contribution is -2.26. The molecule has 0 amide bonds. The maximum absolute atomic E-state index is 11.9. The van der Waals surface area contributed by atoms with Crippen LogP contribution in [-0.4, -0.2) is 34.9 Å². The van der Waals surface area contributed by atoms with Crippen molar-refractivity contribution in [2.45, 2.75) is 47.5 Å². The Hall–Kier alpha value is -2.51. The Morgan fingerprint density at radius 2 is 1.56 bits per heavy atom. The molecule has 2 rings (SSSR count). The van der Waals surface area contributed by atoms with Crippen LogP contribution in [0.1, 0.15) is 47.5 Å². The lowest BCUT2D eigenvalue weighted by Gasteiger charge is -2.20. The van der Waals surface area contributed by atoms with Gasteiger partial charge in [0.05, 0.1) is 17.9 Å². The SMILES string of the molecule is CCC(C)(C)C(=O)OCCOP(=O)(O)O.CCC(C)C(=O)Oc1ccccc1-c1ccccc1. The average Bonchev–Trinajstić information content (AvgIpc) is 2.81. The number of ether oxygens (including phenoxy) is 2. The number of rotatable bonds is 10. The first-order valence-electron chi connectivity index (χ1n) is 11.1. The van der Waals surface area contributed by atoms with Crippen molar-refractivity contribution in [2.24, 2.45) is 11.3 Å². The first-order valence-corrected chi connectivity index (χ1v) is 12.7. The number of para-hydroxylation sites is 1. The van der Waals surface area contributed by atoms with Gasteiger partial charge < -0.3 is 19.3 Å². The van der Waals surface area contributed by atoms with Crippen molar-refractivity contribution in [3.05, 3.63) is 54.6 Å². The van der Waals surface area contributed by atoms with Gasteiger partial charge in [-0.1, -0.05) is 69.3 Å². The van der Waals surface area contributed by atoms with Gasteiger partial charge in [-0.2, -0.15) is 0 Å². The molecule has 0 spiro atoms. The van der Waals surface area contributed by atoms with Gasteiger partial charge in [0.15, 0.2) is 0 Å². The van der Waals surface area contributed by atoms with Crippen LogP contribution in [-0.2, 0) is 23.4 Å². The Bertz CT molecular complexity index is 952. The summed E-state index contributed by atoms with van der Waals surface area (Å²) in [5.74, 6) is -0.0342. The Morgan fingerprint density at radius 1 is 0.971 bits per heavy atom. The van der Waals surface area contributed by atoms with Crippen molar-refractivity contribution in [1.82, 2.24) is 0 Å². The summed E-state index contributed by atoms with van der Waals surface area (Å²) in [6.45, 7) is 8.72. The summed E-state index contributed by atoms with van der Waals surface area (Å²) in [6, 6.07) is 17.6. The molecule has 2 aromatic carbocycles. The van der Waals surface area contributed by atoms with E-state index in [-0.39, 0.29) is 25.1 Å². The summed E-state index contributed by atoms with van der Waals surface area (Å²) in [6.07, 6.45) is 1.41. The highest BCUT2D eigenvalue weighted by Crippen LogP contribution is 2.35. The van der Waals surface area contributed by atoms with E-state index in [2.05, 4.69) is 4.52 Å². The van der Waals surface area contributed by atoms with Crippen LogP contribution in [0.5, 0.6) is 5.75 Å². The van der Waals surface area contributed by atoms with Gasteiger partial charge >= 0.3 is 19.8 Å². The second-order valence-corrected chi connectivity index (χ2v) is 9.53. The van der Waals surface area contributed by atoms with Crippen LogP contribution < -0.4 is 4.74 Å². The molecule has 0 bridgehead atoms. The Balaban J connectivity index is 0.000000352. The summed E-state index contributed by atoms with van der Waals surface area (Å²) in [4.78, 5) is 39.9. The van der Waals surface area contributed by atoms with E-state index in [9.17, 15) is 14.2 Å². The van der Waals surface area contributed by atoms with Crippen molar-refractivity contribution >= 4 is 19.8 Å². The predicted octanol–water partition coefficient (Wildman–Crippen LogP) is 5.38. The highest BCUT2D eigenvalue weighted by molar-refractivity contribution is 7.46. The molecule has 0 fully saturated rings. The fraction of sp³-hybridized carbons (Fsp3) is 0.440. The maximum Gasteiger partial charge on any atom is 0.469 e. The van der Waals surface area contributed by atoms with Crippen molar-refractivity contribution in [2.75, 3.05) is 13.2 Å². The number of hydrogen-bond acceptors (Lipinski definition) is 6. The van der Waals surface area contributed by atoms with E-state index >= 15 is 0 Å². The van der Waals surface area contributed by atoms with E-state index in [1.807, 2.05) is 75.4 Å². The molecule has 0 aliphatic carbocycles. The summed E-state index contributed by atoms with van der Waals surface area (Å²) in [5, 5.41) is 0. The van der Waals surface area contributed by atoms with Crippen LogP contribution in [0.4, 0.5) is 0 Å². The second kappa shape index (κ2) is 14.0. The first kappa shape index (κ1) is 29.5.